The van der Waals surface area contributed by atoms with Crippen molar-refractivity contribution < 1.29 is 9.53 Å². The van der Waals surface area contributed by atoms with Crippen LogP contribution in [0.4, 0.5) is 0 Å². The van der Waals surface area contributed by atoms with Crippen LogP contribution in [-0.4, -0.2) is 18.1 Å². The summed E-state index contributed by atoms with van der Waals surface area (Å²) in [5, 5.41) is 3.18. The number of hydrogen-bond acceptors (Lipinski definition) is 2. The molecule has 2 rings (SSSR count). The normalized spacial score (nSPS) is 17.8. The smallest absolute Gasteiger partial charge is 0.261 e. The van der Waals surface area contributed by atoms with Gasteiger partial charge in [0, 0.05) is 6.04 Å². The van der Waals surface area contributed by atoms with E-state index in [-0.39, 0.29) is 5.91 Å². The molecule has 3 heteroatoms. The lowest BCUT2D eigenvalue weighted by molar-refractivity contribution is -0.128. The molecule has 1 aromatic rings. The van der Waals surface area contributed by atoms with E-state index in [4.69, 9.17) is 4.74 Å². The fourth-order valence-electron chi connectivity index (χ4n) is 2.89. The van der Waals surface area contributed by atoms with Crippen molar-refractivity contribution in [1.82, 2.24) is 5.32 Å². The van der Waals surface area contributed by atoms with Gasteiger partial charge in [0.1, 0.15) is 5.75 Å². The maximum Gasteiger partial charge on any atom is 0.261 e. The lowest BCUT2D eigenvalue weighted by Gasteiger charge is -2.22. The van der Waals surface area contributed by atoms with Gasteiger partial charge in [0.2, 0.25) is 0 Å². The molecule has 0 heterocycles. The fraction of sp³-hybridized carbons (Fsp3) is 0.611. The Morgan fingerprint density at radius 1 is 1.29 bits per heavy atom. The first-order valence-corrected chi connectivity index (χ1v) is 8.22. The Labute approximate surface area is 128 Å². The molecule has 1 saturated carbocycles. The van der Waals surface area contributed by atoms with Crippen LogP contribution in [0.1, 0.15) is 57.4 Å². The van der Waals surface area contributed by atoms with Gasteiger partial charge in [-0.05, 0) is 43.9 Å². The zero-order valence-corrected chi connectivity index (χ0v) is 13.2. The van der Waals surface area contributed by atoms with Crippen LogP contribution in [0.5, 0.6) is 5.75 Å². The third kappa shape index (κ3) is 5.07. The van der Waals surface area contributed by atoms with Crippen molar-refractivity contribution in [3.05, 3.63) is 29.8 Å². The standard InChI is InChI=1S/C18H27NO2/c1-3-17(21-16-12-8-9-14(2)13-16)18(20)19-15-10-6-4-5-7-11-15/h8-9,12-13,15,17H,3-7,10-11H2,1-2H3,(H,19,20). The van der Waals surface area contributed by atoms with Crippen LogP contribution in [-0.2, 0) is 4.79 Å². The minimum Gasteiger partial charge on any atom is -0.481 e. The number of carbonyl (C=O) groups excluding carboxylic acids is 1. The van der Waals surface area contributed by atoms with Crippen molar-refractivity contribution in [2.24, 2.45) is 0 Å². The van der Waals surface area contributed by atoms with Gasteiger partial charge in [0.15, 0.2) is 6.10 Å². The van der Waals surface area contributed by atoms with E-state index in [1.807, 2.05) is 38.1 Å². The summed E-state index contributed by atoms with van der Waals surface area (Å²) in [4.78, 5) is 12.4. The minimum atomic E-state index is -0.393. The topological polar surface area (TPSA) is 38.3 Å². The number of rotatable bonds is 5. The Bertz CT molecular complexity index is 450. The monoisotopic (exact) mass is 289 g/mol. The van der Waals surface area contributed by atoms with Crippen molar-refractivity contribution in [1.29, 1.82) is 0 Å². The lowest BCUT2D eigenvalue weighted by Crippen LogP contribution is -2.43. The number of benzene rings is 1. The summed E-state index contributed by atoms with van der Waals surface area (Å²) < 4.78 is 5.87. The van der Waals surface area contributed by atoms with E-state index < -0.39 is 6.10 Å². The van der Waals surface area contributed by atoms with Crippen molar-refractivity contribution in [2.75, 3.05) is 0 Å². The number of aryl methyl sites for hydroxylation is 1. The van der Waals surface area contributed by atoms with Crippen LogP contribution < -0.4 is 10.1 Å². The molecule has 0 saturated heterocycles. The number of carbonyl (C=O) groups is 1. The van der Waals surface area contributed by atoms with E-state index in [0.717, 1.165) is 24.2 Å². The van der Waals surface area contributed by atoms with Gasteiger partial charge in [-0.1, -0.05) is 44.7 Å². The summed E-state index contributed by atoms with van der Waals surface area (Å²) in [6.45, 7) is 4.02. The largest absolute Gasteiger partial charge is 0.481 e. The van der Waals surface area contributed by atoms with E-state index in [1.54, 1.807) is 0 Å². The van der Waals surface area contributed by atoms with Crippen LogP contribution in [0, 0.1) is 6.92 Å². The second-order valence-corrected chi connectivity index (χ2v) is 6.03. The highest BCUT2D eigenvalue weighted by Crippen LogP contribution is 2.19. The molecular weight excluding hydrogens is 262 g/mol. The molecule has 0 aromatic heterocycles. The number of nitrogens with one attached hydrogen (secondary N) is 1. The molecule has 1 unspecified atom stereocenters. The zero-order valence-electron chi connectivity index (χ0n) is 13.2. The van der Waals surface area contributed by atoms with E-state index >= 15 is 0 Å². The SMILES string of the molecule is CCC(Oc1cccc(C)c1)C(=O)NC1CCCCCC1. The summed E-state index contributed by atoms with van der Waals surface area (Å²) in [5.41, 5.74) is 1.14. The van der Waals surface area contributed by atoms with Gasteiger partial charge < -0.3 is 10.1 Å². The Morgan fingerprint density at radius 2 is 2.00 bits per heavy atom. The molecule has 0 bridgehead atoms. The van der Waals surface area contributed by atoms with Crippen LogP contribution in [0.15, 0.2) is 24.3 Å². The van der Waals surface area contributed by atoms with Gasteiger partial charge in [-0.25, -0.2) is 0 Å². The Kier molecular flexibility index (Phi) is 6.09. The third-order valence-electron chi connectivity index (χ3n) is 4.13. The fourth-order valence-corrected chi connectivity index (χ4v) is 2.89. The van der Waals surface area contributed by atoms with Crippen molar-refractivity contribution >= 4 is 5.91 Å². The molecular formula is C18H27NO2. The van der Waals surface area contributed by atoms with Crippen LogP contribution in [0.25, 0.3) is 0 Å². The molecule has 1 aliphatic rings. The van der Waals surface area contributed by atoms with Crippen molar-refractivity contribution in [2.45, 2.75) is 70.9 Å². The van der Waals surface area contributed by atoms with Crippen molar-refractivity contribution in [3.8, 4) is 5.75 Å². The van der Waals surface area contributed by atoms with E-state index in [0.29, 0.717) is 12.5 Å². The molecule has 116 valence electrons. The summed E-state index contributed by atoms with van der Waals surface area (Å²) >= 11 is 0. The van der Waals surface area contributed by atoms with Crippen molar-refractivity contribution in [3.63, 3.8) is 0 Å². The van der Waals surface area contributed by atoms with E-state index in [2.05, 4.69) is 5.32 Å². The lowest BCUT2D eigenvalue weighted by atomic mass is 10.1. The molecule has 0 spiro atoms. The maximum atomic E-state index is 12.4. The zero-order chi connectivity index (χ0) is 15.1. The Hall–Kier alpha value is -1.51. The van der Waals surface area contributed by atoms with E-state index in [1.165, 1.54) is 25.7 Å². The van der Waals surface area contributed by atoms with E-state index in [9.17, 15) is 4.79 Å². The number of amides is 1. The first-order valence-electron chi connectivity index (χ1n) is 8.22. The van der Waals surface area contributed by atoms with Gasteiger partial charge >= 0.3 is 0 Å². The summed E-state index contributed by atoms with van der Waals surface area (Å²) in [6, 6.07) is 8.20. The Balaban J connectivity index is 1.91. The van der Waals surface area contributed by atoms with Gasteiger partial charge in [-0.2, -0.15) is 0 Å². The predicted molar refractivity (Wildman–Crippen MR) is 85.5 cm³/mol. The molecule has 1 fully saturated rings. The second-order valence-electron chi connectivity index (χ2n) is 6.03. The Morgan fingerprint density at radius 3 is 2.62 bits per heavy atom. The highest BCUT2D eigenvalue weighted by atomic mass is 16.5. The quantitative estimate of drug-likeness (QED) is 0.832. The molecule has 1 aliphatic carbocycles. The highest BCUT2D eigenvalue weighted by molar-refractivity contribution is 5.81. The summed E-state index contributed by atoms with van der Waals surface area (Å²) in [7, 11) is 0. The average Bonchev–Trinajstić information content (AvgIpc) is 2.73. The molecule has 1 aromatic carbocycles. The first-order chi connectivity index (χ1) is 10.2. The third-order valence-corrected chi connectivity index (χ3v) is 4.13. The molecule has 1 amide bonds. The number of ether oxygens (including phenoxy) is 1. The summed E-state index contributed by atoms with van der Waals surface area (Å²) in [6.07, 6.45) is 7.54. The first kappa shape index (κ1) is 15.9. The molecule has 1 N–H and O–H groups in total. The van der Waals surface area contributed by atoms with Crippen LogP contribution in [0.3, 0.4) is 0 Å². The predicted octanol–water partition coefficient (Wildman–Crippen LogP) is 3.99. The van der Waals surface area contributed by atoms with Crippen LogP contribution in [0.2, 0.25) is 0 Å². The number of hydrogen-bond donors (Lipinski definition) is 1. The minimum absolute atomic E-state index is 0.0332. The average molecular weight is 289 g/mol. The van der Waals surface area contributed by atoms with Gasteiger partial charge in [0.25, 0.3) is 5.91 Å². The molecule has 0 radical (unpaired) electrons. The van der Waals surface area contributed by atoms with Gasteiger partial charge in [-0.15, -0.1) is 0 Å². The van der Waals surface area contributed by atoms with Crippen LogP contribution >= 0.6 is 0 Å². The summed E-state index contributed by atoms with van der Waals surface area (Å²) in [5.74, 6) is 0.809. The molecule has 1 atom stereocenters. The molecule has 21 heavy (non-hydrogen) atoms. The second kappa shape index (κ2) is 8.06. The van der Waals surface area contributed by atoms with Gasteiger partial charge in [-0.3, -0.25) is 4.79 Å². The highest BCUT2D eigenvalue weighted by Gasteiger charge is 2.22. The molecule has 3 nitrogen and oxygen atoms in total. The van der Waals surface area contributed by atoms with Gasteiger partial charge in [0.05, 0.1) is 0 Å². The maximum absolute atomic E-state index is 12.4. The molecule has 0 aliphatic heterocycles.